The van der Waals surface area contributed by atoms with Crippen LogP contribution in [0.2, 0.25) is 0 Å². The summed E-state index contributed by atoms with van der Waals surface area (Å²) in [6, 6.07) is -0.0956. The second-order valence-electron chi connectivity index (χ2n) is 4.65. The number of rotatable bonds is 8. The lowest BCUT2D eigenvalue weighted by atomic mass is 10.1. The maximum absolute atomic E-state index is 11.6. The van der Waals surface area contributed by atoms with Gasteiger partial charge in [-0.3, -0.25) is 4.79 Å². The summed E-state index contributed by atoms with van der Waals surface area (Å²) in [5.41, 5.74) is 0. The second-order valence-corrected chi connectivity index (χ2v) is 5.93. The number of amides is 1. The Morgan fingerprint density at radius 2 is 1.88 bits per heavy atom. The first-order valence-electron chi connectivity index (χ1n) is 6.01. The van der Waals surface area contributed by atoms with Crippen molar-refractivity contribution in [2.45, 2.75) is 45.4 Å². The van der Waals surface area contributed by atoms with Crippen LogP contribution in [0.25, 0.3) is 0 Å². The summed E-state index contributed by atoms with van der Waals surface area (Å²) in [4.78, 5) is 11.6. The Bertz CT molecular complexity index is 197. The number of thioether (sulfide) groups is 1. The molecule has 0 radical (unpaired) electrons. The molecule has 0 aliphatic rings. The molecule has 2 atom stereocenters. The van der Waals surface area contributed by atoms with E-state index < -0.39 is 0 Å². The number of nitrogens with one attached hydrogen (secondary N) is 2. The average Bonchev–Trinajstić information content (AvgIpc) is 2.24. The van der Waals surface area contributed by atoms with E-state index >= 15 is 0 Å². The fourth-order valence-corrected chi connectivity index (χ4v) is 1.42. The zero-order valence-corrected chi connectivity index (χ0v) is 12.0. The van der Waals surface area contributed by atoms with Crippen LogP contribution in [0.1, 0.15) is 34.1 Å². The van der Waals surface area contributed by atoms with E-state index in [0.717, 1.165) is 19.5 Å². The molecule has 0 saturated carbocycles. The Labute approximate surface area is 104 Å². The van der Waals surface area contributed by atoms with Crippen LogP contribution in [0.4, 0.5) is 0 Å². The number of carbonyl (C=O) groups is 1. The highest BCUT2D eigenvalue weighted by Crippen LogP contribution is 2.03. The highest BCUT2D eigenvalue weighted by molar-refractivity contribution is 7.99. The van der Waals surface area contributed by atoms with Gasteiger partial charge in [0.15, 0.2) is 0 Å². The van der Waals surface area contributed by atoms with E-state index in [0.29, 0.717) is 11.2 Å². The Morgan fingerprint density at radius 3 is 2.38 bits per heavy atom. The highest BCUT2D eigenvalue weighted by atomic mass is 32.2. The SMILES string of the molecule is CSC(C)CNC(C)C(=O)NCCC(C)C. The van der Waals surface area contributed by atoms with Gasteiger partial charge in [-0.15, -0.1) is 0 Å². The Hall–Kier alpha value is -0.220. The summed E-state index contributed by atoms with van der Waals surface area (Å²) in [5, 5.41) is 6.73. The Balaban J connectivity index is 3.65. The summed E-state index contributed by atoms with van der Waals surface area (Å²) < 4.78 is 0. The van der Waals surface area contributed by atoms with Crippen molar-refractivity contribution < 1.29 is 4.79 Å². The predicted molar refractivity (Wildman–Crippen MR) is 72.9 cm³/mol. The molecule has 0 spiro atoms. The van der Waals surface area contributed by atoms with Crippen LogP contribution in [-0.4, -0.2) is 36.5 Å². The lowest BCUT2D eigenvalue weighted by molar-refractivity contribution is -0.122. The van der Waals surface area contributed by atoms with Gasteiger partial charge in [0.05, 0.1) is 6.04 Å². The summed E-state index contributed by atoms with van der Waals surface area (Å²) in [7, 11) is 0. The van der Waals surface area contributed by atoms with E-state index in [1.54, 1.807) is 11.8 Å². The number of carbonyl (C=O) groups excluding carboxylic acids is 1. The summed E-state index contributed by atoms with van der Waals surface area (Å²) in [5.74, 6) is 0.744. The number of hydrogen-bond donors (Lipinski definition) is 2. The zero-order valence-electron chi connectivity index (χ0n) is 11.2. The molecule has 0 aliphatic carbocycles. The van der Waals surface area contributed by atoms with Crippen LogP contribution in [0.5, 0.6) is 0 Å². The largest absolute Gasteiger partial charge is 0.355 e. The second kappa shape index (κ2) is 8.88. The zero-order chi connectivity index (χ0) is 12.6. The van der Waals surface area contributed by atoms with E-state index in [9.17, 15) is 4.79 Å². The van der Waals surface area contributed by atoms with E-state index in [1.165, 1.54) is 0 Å². The normalized spacial score (nSPS) is 14.9. The first-order chi connectivity index (χ1) is 7.47. The molecule has 0 fully saturated rings. The van der Waals surface area contributed by atoms with Crippen molar-refractivity contribution in [2.24, 2.45) is 5.92 Å². The van der Waals surface area contributed by atoms with Crippen LogP contribution in [0.15, 0.2) is 0 Å². The van der Waals surface area contributed by atoms with Gasteiger partial charge in [-0.25, -0.2) is 0 Å². The summed E-state index contributed by atoms with van der Waals surface area (Å²) in [6.45, 7) is 10.0. The van der Waals surface area contributed by atoms with E-state index in [1.807, 2.05) is 6.92 Å². The van der Waals surface area contributed by atoms with Crippen LogP contribution in [0, 0.1) is 5.92 Å². The predicted octanol–water partition coefficient (Wildman–Crippen LogP) is 1.88. The molecule has 96 valence electrons. The first-order valence-corrected chi connectivity index (χ1v) is 7.30. The maximum atomic E-state index is 11.6. The van der Waals surface area contributed by atoms with E-state index in [4.69, 9.17) is 0 Å². The van der Waals surface area contributed by atoms with Crippen LogP contribution < -0.4 is 10.6 Å². The molecular formula is C12H26N2OS. The minimum absolute atomic E-state index is 0.0956. The van der Waals surface area contributed by atoms with Crippen LogP contribution in [0.3, 0.4) is 0 Å². The lowest BCUT2D eigenvalue weighted by Gasteiger charge is -2.16. The van der Waals surface area contributed by atoms with Gasteiger partial charge in [0.1, 0.15) is 0 Å². The van der Waals surface area contributed by atoms with E-state index in [-0.39, 0.29) is 11.9 Å². The van der Waals surface area contributed by atoms with Crippen molar-refractivity contribution in [3.63, 3.8) is 0 Å². The van der Waals surface area contributed by atoms with Crippen molar-refractivity contribution in [1.82, 2.24) is 10.6 Å². The average molecular weight is 246 g/mol. The molecule has 16 heavy (non-hydrogen) atoms. The number of hydrogen-bond acceptors (Lipinski definition) is 3. The fraction of sp³-hybridized carbons (Fsp3) is 0.917. The standard InChI is InChI=1S/C12H26N2OS/c1-9(2)6-7-13-12(15)11(4)14-8-10(3)16-5/h9-11,14H,6-8H2,1-5H3,(H,13,15). The van der Waals surface area contributed by atoms with E-state index in [2.05, 4.69) is 37.7 Å². The fourth-order valence-electron chi connectivity index (χ4n) is 1.16. The van der Waals surface area contributed by atoms with Gasteiger partial charge >= 0.3 is 0 Å². The Kier molecular flexibility index (Phi) is 8.76. The van der Waals surface area contributed by atoms with Crippen molar-refractivity contribution >= 4 is 17.7 Å². The van der Waals surface area contributed by atoms with Gasteiger partial charge in [0.2, 0.25) is 5.91 Å². The van der Waals surface area contributed by atoms with Gasteiger partial charge in [-0.2, -0.15) is 11.8 Å². The Morgan fingerprint density at radius 1 is 1.25 bits per heavy atom. The molecule has 0 rings (SSSR count). The molecule has 0 saturated heterocycles. The molecule has 2 N–H and O–H groups in total. The molecule has 4 heteroatoms. The third-order valence-electron chi connectivity index (χ3n) is 2.53. The van der Waals surface area contributed by atoms with Gasteiger partial charge in [-0.05, 0) is 25.5 Å². The molecule has 0 aromatic heterocycles. The third-order valence-corrected chi connectivity index (χ3v) is 3.50. The van der Waals surface area contributed by atoms with Gasteiger partial charge in [0, 0.05) is 18.3 Å². The molecular weight excluding hydrogens is 220 g/mol. The van der Waals surface area contributed by atoms with Crippen LogP contribution in [-0.2, 0) is 4.79 Å². The quantitative estimate of drug-likeness (QED) is 0.687. The molecule has 0 aromatic carbocycles. The van der Waals surface area contributed by atoms with Gasteiger partial charge in [0.25, 0.3) is 0 Å². The van der Waals surface area contributed by atoms with Crippen molar-refractivity contribution in [1.29, 1.82) is 0 Å². The van der Waals surface area contributed by atoms with Crippen molar-refractivity contribution in [3.05, 3.63) is 0 Å². The summed E-state index contributed by atoms with van der Waals surface area (Å²) in [6.07, 6.45) is 3.12. The monoisotopic (exact) mass is 246 g/mol. The van der Waals surface area contributed by atoms with Crippen molar-refractivity contribution in [3.8, 4) is 0 Å². The molecule has 3 nitrogen and oxygen atoms in total. The molecule has 2 unspecified atom stereocenters. The summed E-state index contributed by atoms with van der Waals surface area (Å²) >= 11 is 1.81. The minimum atomic E-state index is -0.0956. The smallest absolute Gasteiger partial charge is 0.236 e. The van der Waals surface area contributed by atoms with Gasteiger partial charge in [-0.1, -0.05) is 20.8 Å². The lowest BCUT2D eigenvalue weighted by Crippen LogP contribution is -2.44. The molecule has 0 aromatic rings. The molecule has 0 aliphatic heterocycles. The molecule has 0 heterocycles. The van der Waals surface area contributed by atoms with Crippen LogP contribution >= 0.6 is 11.8 Å². The minimum Gasteiger partial charge on any atom is -0.355 e. The molecule has 1 amide bonds. The highest BCUT2D eigenvalue weighted by Gasteiger charge is 2.12. The topological polar surface area (TPSA) is 41.1 Å². The first kappa shape index (κ1) is 15.8. The third kappa shape index (κ3) is 7.99. The van der Waals surface area contributed by atoms with Crippen molar-refractivity contribution in [2.75, 3.05) is 19.3 Å². The molecule has 0 bridgehead atoms. The maximum Gasteiger partial charge on any atom is 0.236 e. The van der Waals surface area contributed by atoms with Gasteiger partial charge < -0.3 is 10.6 Å².